The SMILES string of the molecule is Cc1cc(F)ccc1OCc1cccc(N)c1F. The Morgan fingerprint density at radius 2 is 1.94 bits per heavy atom. The van der Waals surface area contributed by atoms with Crippen LogP contribution in [0.1, 0.15) is 11.1 Å². The lowest BCUT2D eigenvalue weighted by Crippen LogP contribution is -2.02. The molecule has 2 aromatic carbocycles. The molecule has 2 aromatic rings. The van der Waals surface area contributed by atoms with Crippen molar-refractivity contribution in [1.82, 2.24) is 0 Å². The minimum Gasteiger partial charge on any atom is -0.489 e. The van der Waals surface area contributed by atoms with E-state index in [1.165, 1.54) is 24.3 Å². The molecule has 0 radical (unpaired) electrons. The van der Waals surface area contributed by atoms with E-state index in [0.717, 1.165) is 0 Å². The number of rotatable bonds is 3. The molecule has 0 saturated carbocycles. The predicted octanol–water partition coefficient (Wildman–Crippen LogP) is 3.43. The smallest absolute Gasteiger partial charge is 0.152 e. The van der Waals surface area contributed by atoms with Crippen LogP contribution in [0, 0.1) is 18.6 Å². The number of hydrogen-bond acceptors (Lipinski definition) is 2. The summed E-state index contributed by atoms with van der Waals surface area (Å²) in [5, 5.41) is 0. The third-order valence-corrected chi connectivity index (χ3v) is 2.63. The second kappa shape index (κ2) is 5.04. The van der Waals surface area contributed by atoms with Gasteiger partial charge >= 0.3 is 0 Å². The van der Waals surface area contributed by atoms with Crippen molar-refractivity contribution in [2.75, 3.05) is 5.73 Å². The Balaban J connectivity index is 2.14. The van der Waals surface area contributed by atoms with Gasteiger partial charge in [-0.05, 0) is 36.8 Å². The Bertz CT molecular complexity index is 570. The van der Waals surface area contributed by atoms with Crippen molar-refractivity contribution in [3.05, 3.63) is 59.2 Å². The van der Waals surface area contributed by atoms with E-state index in [-0.39, 0.29) is 18.1 Å². The highest BCUT2D eigenvalue weighted by Gasteiger charge is 2.07. The fraction of sp³-hybridized carbons (Fsp3) is 0.143. The molecule has 2 rings (SSSR count). The van der Waals surface area contributed by atoms with E-state index in [0.29, 0.717) is 16.9 Å². The molecule has 0 bridgehead atoms. The van der Waals surface area contributed by atoms with E-state index in [1.807, 2.05) is 0 Å². The quantitative estimate of drug-likeness (QED) is 0.846. The zero-order chi connectivity index (χ0) is 13.1. The van der Waals surface area contributed by atoms with Gasteiger partial charge in [0.05, 0.1) is 5.69 Å². The summed E-state index contributed by atoms with van der Waals surface area (Å²) in [5.74, 6) is -0.273. The Hall–Kier alpha value is -2.10. The molecular weight excluding hydrogens is 236 g/mol. The number of hydrogen-bond donors (Lipinski definition) is 1. The molecule has 2 N–H and O–H groups in total. The summed E-state index contributed by atoms with van der Waals surface area (Å²) in [5.41, 5.74) is 6.59. The number of ether oxygens (including phenoxy) is 1. The Morgan fingerprint density at radius 3 is 2.67 bits per heavy atom. The van der Waals surface area contributed by atoms with Crippen LogP contribution in [0.25, 0.3) is 0 Å². The summed E-state index contributed by atoms with van der Waals surface area (Å²) in [6, 6.07) is 8.94. The van der Waals surface area contributed by atoms with Gasteiger partial charge in [-0.1, -0.05) is 12.1 Å². The maximum absolute atomic E-state index is 13.6. The first-order chi connectivity index (χ1) is 8.58. The molecule has 0 heterocycles. The Morgan fingerprint density at radius 1 is 1.17 bits per heavy atom. The van der Waals surface area contributed by atoms with Gasteiger partial charge in [0.2, 0.25) is 0 Å². The number of halogens is 2. The van der Waals surface area contributed by atoms with Crippen molar-refractivity contribution < 1.29 is 13.5 Å². The van der Waals surface area contributed by atoms with Gasteiger partial charge in [0.15, 0.2) is 5.82 Å². The third kappa shape index (κ3) is 2.59. The molecule has 0 aliphatic heterocycles. The molecule has 0 spiro atoms. The van der Waals surface area contributed by atoms with E-state index in [4.69, 9.17) is 10.5 Å². The fourth-order valence-corrected chi connectivity index (χ4v) is 1.64. The number of aryl methyl sites for hydroxylation is 1. The highest BCUT2D eigenvalue weighted by Crippen LogP contribution is 2.21. The number of nitrogens with two attached hydrogens (primary N) is 1. The minimum absolute atomic E-state index is 0.0589. The minimum atomic E-state index is -0.475. The van der Waals surface area contributed by atoms with Gasteiger partial charge in [0, 0.05) is 5.56 Å². The molecule has 0 amide bonds. The summed E-state index contributed by atoms with van der Waals surface area (Å²) >= 11 is 0. The van der Waals surface area contributed by atoms with Crippen LogP contribution in [0.3, 0.4) is 0 Å². The van der Waals surface area contributed by atoms with Gasteiger partial charge in [0.25, 0.3) is 0 Å². The lowest BCUT2D eigenvalue weighted by molar-refractivity contribution is 0.297. The summed E-state index contributed by atoms with van der Waals surface area (Å²) < 4.78 is 32.0. The van der Waals surface area contributed by atoms with Crippen molar-refractivity contribution in [3.63, 3.8) is 0 Å². The van der Waals surface area contributed by atoms with Crippen LogP contribution in [-0.4, -0.2) is 0 Å². The van der Waals surface area contributed by atoms with Crippen molar-refractivity contribution in [3.8, 4) is 5.75 Å². The average Bonchev–Trinajstić information content (AvgIpc) is 2.33. The number of benzene rings is 2. The zero-order valence-corrected chi connectivity index (χ0v) is 9.91. The van der Waals surface area contributed by atoms with Gasteiger partial charge in [-0.3, -0.25) is 0 Å². The molecule has 2 nitrogen and oxygen atoms in total. The molecule has 94 valence electrons. The molecule has 0 unspecified atom stereocenters. The molecule has 0 fully saturated rings. The van der Waals surface area contributed by atoms with Crippen LogP contribution in [0.15, 0.2) is 36.4 Å². The van der Waals surface area contributed by atoms with Gasteiger partial charge in [-0.25, -0.2) is 8.78 Å². The molecule has 4 heteroatoms. The van der Waals surface area contributed by atoms with Gasteiger partial charge in [-0.15, -0.1) is 0 Å². The third-order valence-electron chi connectivity index (χ3n) is 2.63. The van der Waals surface area contributed by atoms with Crippen molar-refractivity contribution in [1.29, 1.82) is 0 Å². The van der Waals surface area contributed by atoms with Crippen molar-refractivity contribution in [2.45, 2.75) is 13.5 Å². The predicted molar refractivity (Wildman–Crippen MR) is 66.3 cm³/mol. The maximum Gasteiger partial charge on any atom is 0.152 e. The van der Waals surface area contributed by atoms with Crippen molar-refractivity contribution in [2.24, 2.45) is 0 Å². The Kier molecular flexibility index (Phi) is 3.46. The first-order valence-corrected chi connectivity index (χ1v) is 5.50. The van der Waals surface area contributed by atoms with E-state index in [2.05, 4.69) is 0 Å². The maximum atomic E-state index is 13.6. The van der Waals surface area contributed by atoms with Gasteiger partial charge in [-0.2, -0.15) is 0 Å². The zero-order valence-electron chi connectivity index (χ0n) is 9.91. The van der Waals surface area contributed by atoms with E-state index < -0.39 is 5.82 Å². The first kappa shape index (κ1) is 12.4. The molecule has 0 aliphatic rings. The summed E-state index contributed by atoms with van der Waals surface area (Å²) in [7, 11) is 0. The molecule has 0 saturated heterocycles. The molecule has 0 aliphatic carbocycles. The first-order valence-electron chi connectivity index (χ1n) is 5.50. The van der Waals surface area contributed by atoms with Gasteiger partial charge in [0.1, 0.15) is 18.2 Å². The van der Waals surface area contributed by atoms with E-state index in [9.17, 15) is 8.78 Å². The lowest BCUT2D eigenvalue weighted by Gasteiger charge is -2.10. The lowest BCUT2D eigenvalue weighted by atomic mass is 10.2. The number of anilines is 1. The van der Waals surface area contributed by atoms with Crippen LogP contribution >= 0.6 is 0 Å². The van der Waals surface area contributed by atoms with E-state index >= 15 is 0 Å². The molecule has 0 aromatic heterocycles. The van der Waals surface area contributed by atoms with Crippen LogP contribution in [0.4, 0.5) is 14.5 Å². The molecular formula is C14H13F2NO. The molecule has 0 atom stereocenters. The summed E-state index contributed by atoms with van der Waals surface area (Å²) in [6.07, 6.45) is 0. The highest BCUT2D eigenvalue weighted by atomic mass is 19.1. The summed E-state index contributed by atoms with van der Waals surface area (Å²) in [4.78, 5) is 0. The Labute approximate surface area is 104 Å². The van der Waals surface area contributed by atoms with Crippen LogP contribution in [0.2, 0.25) is 0 Å². The second-order valence-electron chi connectivity index (χ2n) is 4.02. The largest absolute Gasteiger partial charge is 0.489 e. The topological polar surface area (TPSA) is 35.2 Å². The monoisotopic (exact) mass is 249 g/mol. The van der Waals surface area contributed by atoms with Crippen LogP contribution < -0.4 is 10.5 Å². The highest BCUT2D eigenvalue weighted by molar-refractivity contribution is 5.43. The van der Waals surface area contributed by atoms with Gasteiger partial charge < -0.3 is 10.5 Å². The normalized spacial score (nSPS) is 10.4. The van der Waals surface area contributed by atoms with Crippen LogP contribution in [-0.2, 0) is 6.61 Å². The number of nitrogen functional groups attached to an aromatic ring is 1. The molecule has 18 heavy (non-hydrogen) atoms. The second-order valence-corrected chi connectivity index (χ2v) is 4.02. The summed E-state index contributed by atoms with van der Waals surface area (Å²) in [6.45, 7) is 1.79. The van der Waals surface area contributed by atoms with E-state index in [1.54, 1.807) is 19.1 Å². The van der Waals surface area contributed by atoms with Crippen molar-refractivity contribution >= 4 is 5.69 Å². The fourth-order valence-electron chi connectivity index (χ4n) is 1.64. The standard InChI is InChI=1S/C14H13F2NO/c1-9-7-11(15)5-6-13(9)18-8-10-3-2-4-12(17)14(10)16/h2-7H,8,17H2,1H3. The van der Waals surface area contributed by atoms with Crippen LogP contribution in [0.5, 0.6) is 5.75 Å². The average molecular weight is 249 g/mol.